The number of hydrogen-bond acceptors (Lipinski definition) is 5. The van der Waals surface area contributed by atoms with E-state index in [4.69, 9.17) is 4.74 Å². The fraction of sp³-hybridized carbons (Fsp3) is 0.231. The summed E-state index contributed by atoms with van der Waals surface area (Å²) < 4.78 is 4.75. The highest BCUT2D eigenvalue weighted by Crippen LogP contribution is 2.17. The van der Waals surface area contributed by atoms with Gasteiger partial charge in [0.1, 0.15) is 12.1 Å². The molecule has 6 nitrogen and oxygen atoms in total. The Hall–Kier alpha value is -2.50. The number of hydrogen-bond donors (Lipinski definition) is 1. The summed E-state index contributed by atoms with van der Waals surface area (Å²) in [6.07, 6.45) is 1.31. The molecule has 98 valence electrons. The van der Waals surface area contributed by atoms with Crippen LogP contribution in [0, 0.1) is 0 Å². The maximum atomic E-state index is 11.9. The molecule has 0 aliphatic carbocycles. The number of carbonyl (C=O) groups excluding carboxylic acids is 2. The Kier molecular flexibility index (Phi) is 4.02. The summed E-state index contributed by atoms with van der Waals surface area (Å²) in [6.45, 7) is 1.97. The van der Waals surface area contributed by atoms with Gasteiger partial charge in [0.15, 0.2) is 5.78 Å². The standard InChI is InChI=1S/C13H13N3O3/c1-2-19-13(18)7-12(17)10-5-3-4-9(6-10)11-8-14-16-15-11/h3-6,8H,2,7H2,1H3,(H,14,15,16). The lowest BCUT2D eigenvalue weighted by molar-refractivity contribution is -0.141. The number of H-pyrrole nitrogens is 1. The van der Waals surface area contributed by atoms with E-state index < -0.39 is 5.97 Å². The van der Waals surface area contributed by atoms with Crippen molar-refractivity contribution in [3.63, 3.8) is 0 Å². The Morgan fingerprint density at radius 2 is 2.21 bits per heavy atom. The van der Waals surface area contributed by atoms with E-state index in [1.54, 1.807) is 31.3 Å². The third-order valence-corrected chi connectivity index (χ3v) is 2.51. The Bertz CT molecular complexity index is 579. The lowest BCUT2D eigenvalue weighted by atomic mass is 10.0. The van der Waals surface area contributed by atoms with Crippen molar-refractivity contribution in [1.82, 2.24) is 15.4 Å². The van der Waals surface area contributed by atoms with E-state index >= 15 is 0 Å². The van der Waals surface area contributed by atoms with Crippen LogP contribution >= 0.6 is 0 Å². The van der Waals surface area contributed by atoms with Gasteiger partial charge in [0.05, 0.1) is 12.8 Å². The first-order valence-electron chi connectivity index (χ1n) is 5.85. The summed E-state index contributed by atoms with van der Waals surface area (Å²) in [5.41, 5.74) is 1.86. The van der Waals surface area contributed by atoms with Crippen LogP contribution < -0.4 is 0 Å². The maximum absolute atomic E-state index is 11.9. The van der Waals surface area contributed by atoms with Gasteiger partial charge in [-0.15, -0.1) is 0 Å². The van der Waals surface area contributed by atoms with E-state index in [1.807, 2.05) is 6.07 Å². The third-order valence-electron chi connectivity index (χ3n) is 2.51. The molecule has 2 rings (SSSR count). The molecule has 1 aromatic heterocycles. The van der Waals surface area contributed by atoms with Crippen LogP contribution in [-0.2, 0) is 9.53 Å². The predicted molar refractivity (Wildman–Crippen MR) is 67.4 cm³/mol. The Balaban J connectivity index is 2.15. The van der Waals surface area contributed by atoms with Gasteiger partial charge in [-0.1, -0.05) is 18.2 Å². The monoisotopic (exact) mass is 259 g/mol. The number of nitrogens with zero attached hydrogens (tertiary/aromatic N) is 2. The van der Waals surface area contributed by atoms with E-state index in [0.717, 1.165) is 5.56 Å². The Morgan fingerprint density at radius 3 is 2.89 bits per heavy atom. The molecular formula is C13H13N3O3. The van der Waals surface area contributed by atoms with Gasteiger partial charge in [-0.2, -0.15) is 15.4 Å². The van der Waals surface area contributed by atoms with Crippen molar-refractivity contribution >= 4 is 11.8 Å². The molecule has 0 spiro atoms. The van der Waals surface area contributed by atoms with Gasteiger partial charge >= 0.3 is 5.97 Å². The molecule has 0 fully saturated rings. The van der Waals surface area contributed by atoms with Crippen LogP contribution in [0.1, 0.15) is 23.7 Å². The second-order valence-corrected chi connectivity index (χ2v) is 3.84. The zero-order valence-corrected chi connectivity index (χ0v) is 10.4. The van der Waals surface area contributed by atoms with Crippen LogP contribution in [0.5, 0.6) is 0 Å². The zero-order chi connectivity index (χ0) is 13.7. The van der Waals surface area contributed by atoms with Crippen molar-refractivity contribution in [2.24, 2.45) is 0 Å². The number of rotatable bonds is 5. The molecule has 0 aliphatic rings. The highest BCUT2D eigenvalue weighted by molar-refractivity contribution is 6.06. The van der Waals surface area contributed by atoms with E-state index in [0.29, 0.717) is 11.3 Å². The molecule has 1 N–H and O–H groups in total. The summed E-state index contributed by atoms with van der Waals surface area (Å²) in [7, 11) is 0. The zero-order valence-electron chi connectivity index (χ0n) is 10.4. The van der Waals surface area contributed by atoms with E-state index in [1.165, 1.54) is 0 Å². The highest BCUT2D eigenvalue weighted by atomic mass is 16.5. The topological polar surface area (TPSA) is 84.9 Å². The second kappa shape index (κ2) is 5.90. The van der Waals surface area contributed by atoms with Crippen LogP contribution in [0.25, 0.3) is 11.3 Å². The first kappa shape index (κ1) is 12.9. The number of Topliss-reactive ketones (excluding diaryl/α,β-unsaturated/α-hetero) is 1. The fourth-order valence-electron chi connectivity index (χ4n) is 1.64. The lowest BCUT2D eigenvalue weighted by Gasteiger charge is -2.03. The molecule has 0 unspecified atom stereocenters. The van der Waals surface area contributed by atoms with Gasteiger partial charge in [0, 0.05) is 11.1 Å². The Labute approximate surface area is 109 Å². The number of benzene rings is 1. The molecule has 1 aromatic carbocycles. The third kappa shape index (κ3) is 3.25. The molecule has 0 radical (unpaired) electrons. The van der Waals surface area contributed by atoms with E-state index in [-0.39, 0.29) is 18.8 Å². The van der Waals surface area contributed by atoms with Crippen LogP contribution in [0.3, 0.4) is 0 Å². The number of nitrogens with one attached hydrogen (secondary N) is 1. The smallest absolute Gasteiger partial charge is 0.313 e. The van der Waals surface area contributed by atoms with Crippen molar-refractivity contribution in [3.05, 3.63) is 36.0 Å². The number of carbonyl (C=O) groups is 2. The number of ether oxygens (including phenoxy) is 1. The normalized spacial score (nSPS) is 10.2. The minimum atomic E-state index is -0.515. The average molecular weight is 259 g/mol. The number of ketones is 1. The molecule has 0 bridgehead atoms. The molecule has 6 heteroatoms. The largest absolute Gasteiger partial charge is 0.466 e. The molecule has 0 amide bonds. The van der Waals surface area contributed by atoms with Crippen LogP contribution in [0.4, 0.5) is 0 Å². The van der Waals surface area contributed by atoms with Crippen LogP contribution in [0.15, 0.2) is 30.5 Å². The predicted octanol–water partition coefficient (Wildman–Crippen LogP) is 1.61. The van der Waals surface area contributed by atoms with E-state index in [9.17, 15) is 9.59 Å². The molecule has 2 aromatic rings. The molecular weight excluding hydrogens is 246 g/mol. The molecule has 0 atom stereocenters. The quantitative estimate of drug-likeness (QED) is 0.501. The minimum Gasteiger partial charge on any atom is -0.466 e. The summed E-state index contributed by atoms with van der Waals surface area (Å²) in [5.74, 6) is -0.789. The van der Waals surface area contributed by atoms with Crippen molar-refractivity contribution in [2.45, 2.75) is 13.3 Å². The van der Waals surface area contributed by atoms with Crippen molar-refractivity contribution in [2.75, 3.05) is 6.61 Å². The number of aromatic amines is 1. The van der Waals surface area contributed by atoms with Gasteiger partial charge in [-0.25, -0.2) is 0 Å². The average Bonchev–Trinajstić information content (AvgIpc) is 2.93. The fourth-order valence-corrected chi connectivity index (χ4v) is 1.64. The summed E-state index contributed by atoms with van der Waals surface area (Å²) in [4.78, 5) is 23.2. The summed E-state index contributed by atoms with van der Waals surface area (Å²) >= 11 is 0. The van der Waals surface area contributed by atoms with Crippen LogP contribution in [0.2, 0.25) is 0 Å². The van der Waals surface area contributed by atoms with Gasteiger partial charge in [0.25, 0.3) is 0 Å². The van der Waals surface area contributed by atoms with Crippen LogP contribution in [-0.4, -0.2) is 33.8 Å². The van der Waals surface area contributed by atoms with Crippen molar-refractivity contribution in [3.8, 4) is 11.3 Å². The van der Waals surface area contributed by atoms with Gasteiger partial charge < -0.3 is 4.74 Å². The number of aromatic nitrogens is 3. The van der Waals surface area contributed by atoms with Crippen molar-refractivity contribution in [1.29, 1.82) is 0 Å². The van der Waals surface area contributed by atoms with Gasteiger partial charge in [-0.3, -0.25) is 9.59 Å². The molecule has 0 aliphatic heterocycles. The first-order valence-corrected chi connectivity index (χ1v) is 5.85. The SMILES string of the molecule is CCOC(=O)CC(=O)c1cccc(-c2cn[nH]n2)c1. The molecule has 0 saturated carbocycles. The van der Waals surface area contributed by atoms with Gasteiger partial charge in [-0.05, 0) is 13.0 Å². The second-order valence-electron chi connectivity index (χ2n) is 3.84. The first-order chi connectivity index (χ1) is 9.20. The van der Waals surface area contributed by atoms with Crippen molar-refractivity contribution < 1.29 is 14.3 Å². The molecule has 19 heavy (non-hydrogen) atoms. The molecule has 1 heterocycles. The number of esters is 1. The lowest BCUT2D eigenvalue weighted by Crippen LogP contribution is -2.11. The van der Waals surface area contributed by atoms with E-state index in [2.05, 4.69) is 15.4 Å². The van der Waals surface area contributed by atoms with Gasteiger partial charge in [0.2, 0.25) is 0 Å². The highest BCUT2D eigenvalue weighted by Gasteiger charge is 2.13. The Morgan fingerprint density at radius 1 is 1.37 bits per heavy atom. The molecule has 0 saturated heterocycles. The minimum absolute atomic E-state index is 0.254. The maximum Gasteiger partial charge on any atom is 0.313 e. The summed E-state index contributed by atoms with van der Waals surface area (Å²) in [5, 5.41) is 10.2. The summed E-state index contributed by atoms with van der Waals surface area (Å²) in [6, 6.07) is 6.89.